The average molecular weight is 363 g/mol. The van der Waals surface area contributed by atoms with Crippen LogP contribution in [0.4, 0.5) is 0 Å². The van der Waals surface area contributed by atoms with Crippen LogP contribution in [0.15, 0.2) is 51.4 Å². The van der Waals surface area contributed by atoms with E-state index in [1.807, 2.05) is 42.5 Å². The topological polar surface area (TPSA) is 46.2 Å². The Labute approximate surface area is 134 Å². The van der Waals surface area contributed by atoms with Crippen molar-refractivity contribution in [1.29, 1.82) is 5.26 Å². The molecule has 5 heteroatoms. The molecule has 0 atom stereocenters. The molecule has 0 fully saturated rings. The molecule has 2 aromatic carbocycles. The predicted octanol–water partition coefficient (Wildman–Crippen LogP) is 5.60. The SMILES string of the molecule is N#Cc1oc2ccccc2c1Oc1ccc(Br)cc1CCl. The standard InChI is InChI=1S/C16H9BrClNO2/c17-11-5-6-13(10(7-11)8-18)21-16-12-3-1-2-4-14(12)20-15(16)9-19/h1-7H,8H2. The fourth-order valence-corrected chi connectivity index (χ4v) is 2.68. The number of benzene rings is 2. The Morgan fingerprint density at radius 1 is 1.24 bits per heavy atom. The molecule has 3 aromatic rings. The molecular formula is C16H9BrClNO2. The summed E-state index contributed by atoms with van der Waals surface area (Å²) >= 11 is 9.34. The molecule has 0 radical (unpaired) electrons. The summed E-state index contributed by atoms with van der Waals surface area (Å²) in [5.41, 5.74) is 1.45. The van der Waals surface area contributed by atoms with Gasteiger partial charge in [0, 0.05) is 10.0 Å². The van der Waals surface area contributed by atoms with E-state index in [2.05, 4.69) is 15.9 Å². The average Bonchev–Trinajstić information content (AvgIpc) is 2.87. The van der Waals surface area contributed by atoms with Gasteiger partial charge >= 0.3 is 0 Å². The largest absolute Gasteiger partial charge is 0.452 e. The third kappa shape index (κ3) is 2.63. The Hall–Kier alpha value is -1.96. The molecule has 0 amide bonds. The first kappa shape index (κ1) is 14.0. The summed E-state index contributed by atoms with van der Waals surface area (Å²) in [7, 11) is 0. The molecule has 1 heterocycles. The Balaban J connectivity index is 2.12. The molecule has 0 aliphatic rings. The van der Waals surface area contributed by atoms with Crippen LogP contribution < -0.4 is 4.74 Å². The normalized spacial score (nSPS) is 10.5. The molecule has 0 aliphatic carbocycles. The van der Waals surface area contributed by atoms with Gasteiger partial charge in [0.15, 0.2) is 5.75 Å². The van der Waals surface area contributed by atoms with E-state index in [1.54, 1.807) is 6.07 Å². The van der Waals surface area contributed by atoms with Crippen LogP contribution in [0.5, 0.6) is 11.5 Å². The Morgan fingerprint density at radius 2 is 2.05 bits per heavy atom. The molecule has 1 aromatic heterocycles. The number of fused-ring (bicyclic) bond motifs is 1. The fourth-order valence-electron chi connectivity index (χ4n) is 2.06. The van der Waals surface area contributed by atoms with E-state index >= 15 is 0 Å². The number of furan rings is 1. The molecule has 104 valence electrons. The summed E-state index contributed by atoms with van der Waals surface area (Å²) in [5.74, 6) is 1.49. The van der Waals surface area contributed by atoms with Crippen molar-refractivity contribution in [1.82, 2.24) is 0 Å². The van der Waals surface area contributed by atoms with Gasteiger partial charge in [-0.25, -0.2) is 0 Å². The second-order valence-corrected chi connectivity index (χ2v) is 5.54. The number of halogens is 2. The zero-order chi connectivity index (χ0) is 14.8. The van der Waals surface area contributed by atoms with Crippen molar-refractivity contribution >= 4 is 38.5 Å². The van der Waals surface area contributed by atoms with Crippen molar-refractivity contribution in [3.63, 3.8) is 0 Å². The third-order valence-electron chi connectivity index (χ3n) is 3.03. The summed E-state index contributed by atoms with van der Waals surface area (Å²) in [6, 6.07) is 14.9. The minimum Gasteiger partial charge on any atom is -0.452 e. The molecule has 0 saturated heterocycles. The Kier molecular flexibility index (Phi) is 3.87. The van der Waals surface area contributed by atoms with Gasteiger partial charge in [-0.3, -0.25) is 0 Å². The summed E-state index contributed by atoms with van der Waals surface area (Å²) in [4.78, 5) is 0. The van der Waals surface area contributed by atoms with Gasteiger partial charge in [0.05, 0.1) is 11.3 Å². The maximum atomic E-state index is 9.21. The first-order chi connectivity index (χ1) is 10.2. The van der Waals surface area contributed by atoms with Gasteiger partial charge in [-0.1, -0.05) is 28.1 Å². The van der Waals surface area contributed by atoms with Crippen LogP contribution in [-0.4, -0.2) is 0 Å². The van der Waals surface area contributed by atoms with Gasteiger partial charge in [-0.15, -0.1) is 11.6 Å². The molecule has 0 saturated carbocycles. The highest BCUT2D eigenvalue weighted by atomic mass is 79.9. The number of nitrogens with zero attached hydrogens (tertiary/aromatic N) is 1. The number of para-hydroxylation sites is 1. The van der Waals surface area contributed by atoms with Crippen molar-refractivity contribution in [3.05, 3.63) is 58.3 Å². The van der Waals surface area contributed by atoms with Crippen molar-refractivity contribution in [2.75, 3.05) is 0 Å². The maximum absolute atomic E-state index is 9.21. The first-order valence-electron chi connectivity index (χ1n) is 6.17. The van der Waals surface area contributed by atoms with E-state index in [4.69, 9.17) is 20.8 Å². The molecule has 0 unspecified atom stereocenters. The number of hydrogen-bond donors (Lipinski definition) is 0. The van der Waals surface area contributed by atoms with Crippen LogP contribution in [-0.2, 0) is 5.88 Å². The highest BCUT2D eigenvalue weighted by Gasteiger charge is 2.17. The Bertz CT molecular complexity index is 851. The molecule has 3 rings (SSSR count). The van der Waals surface area contributed by atoms with Crippen LogP contribution in [0.1, 0.15) is 11.3 Å². The van der Waals surface area contributed by atoms with E-state index in [1.165, 1.54) is 0 Å². The number of alkyl halides is 1. The van der Waals surface area contributed by atoms with Crippen LogP contribution in [0.25, 0.3) is 11.0 Å². The molecule has 3 nitrogen and oxygen atoms in total. The lowest BCUT2D eigenvalue weighted by Gasteiger charge is -2.09. The van der Waals surface area contributed by atoms with E-state index in [0.29, 0.717) is 23.0 Å². The first-order valence-corrected chi connectivity index (χ1v) is 7.49. The van der Waals surface area contributed by atoms with E-state index < -0.39 is 0 Å². The second-order valence-electron chi connectivity index (χ2n) is 4.36. The van der Waals surface area contributed by atoms with Crippen LogP contribution >= 0.6 is 27.5 Å². The number of ether oxygens (including phenoxy) is 1. The lowest BCUT2D eigenvalue weighted by molar-refractivity contribution is 0.463. The zero-order valence-electron chi connectivity index (χ0n) is 10.8. The monoisotopic (exact) mass is 361 g/mol. The van der Waals surface area contributed by atoms with E-state index in [0.717, 1.165) is 15.4 Å². The van der Waals surface area contributed by atoms with Crippen molar-refractivity contribution < 1.29 is 9.15 Å². The molecule has 0 bridgehead atoms. The van der Waals surface area contributed by atoms with Gasteiger partial charge in [0.25, 0.3) is 0 Å². The summed E-state index contributed by atoms with van der Waals surface area (Å²) < 4.78 is 12.3. The Morgan fingerprint density at radius 3 is 2.81 bits per heavy atom. The fraction of sp³-hybridized carbons (Fsp3) is 0.0625. The van der Waals surface area contributed by atoms with Gasteiger partial charge in [0.2, 0.25) is 5.76 Å². The van der Waals surface area contributed by atoms with Crippen LogP contribution in [0.3, 0.4) is 0 Å². The van der Waals surface area contributed by atoms with E-state index in [-0.39, 0.29) is 5.76 Å². The minimum absolute atomic E-state index is 0.152. The highest BCUT2D eigenvalue weighted by molar-refractivity contribution is 9.10. The quantitative estimate of drug-likeness (QED) is 0.570. The number of rotatable bonds is 3. The predicted molar refractivity (Wildman–Crippen MR) is 84.7 cm³/mol. The third-order valence-corrected chi connectivity index (χ3v) is 3.81. The van der Waals surface area contributed by atoms with E-state index in [9.17, 15) is 5.26 Å². The van der Waals surface area contributed by atoms with Crippen molar-refractivity contribution in [3.8, 4) is 17.6 Å². The summed E-state index contributed by atoms with van der Waals surface area (Å²) in [6.45, 7) is 0. The molecule has 21 heavy (non-hydrogen) atoms. The zero-order valence-corrected chi connectivity index (χ0v) is 13.1. The van der Waals surface area contributed by atoms with Crippen LogP contribution in [0, 0.1) is 11.3 Å². The lowest BCUT2D eigenvalue weighted by atomic mass is 10.2. The highest BCUT2D eigenvalue weighted by Crippen LogP contribution is 2.37. The molecule has 0 N–H and O–H groups in total. The molecule has 0 aliphatic heterocycles. The van der Waals surface area contributed by atoms with Gasteiger partial charge in [-0.2, -0.15) is 5.26 Å². The van der Waals surface area contributed by atoms with Crippen molar-refractivity contribution in [2.24, 2.45) is 0 Å². The molecular weight excluding hydrogens is 354 g/mol. The smallest absolute Gasteiger partial charge is 0.247 e. The summed E-state index contributed by atoms with van der Waals surface area (Å²) in [6.07, 6.45) is 0. The van der Waals surface area contributed by atoms with Crippen LogP contribution in [0.2, 0.25) is 0 Å². The van der Waals surface area contributed by atoms with Gasteiger partial charge in [-0.05, 0) is 30.3 Å². The minimum atomic E-state index is 0.152. The van der Waals surface area contributed by atoms with Gasteiger partial charge < -0.3 is 9.15 Å². The maximum Gasteiger partial charge on any atom is 0.247 e. The summed E-state index contributed by atoms with van der Waals surface area (Å²) in [5, 5.41) is 9.97. The van der Waals surface area contributed by atoms with Gasteiger partial charge in [0.1, 0.15) is 17.4 Å². The van der Waals surface area contributed by atoms with Crippen molar-refractivity contribution in [2.45, 2.75) is 5.88 Å². The molecule has 0 spiro atoms. The lowest BCUT2D eigenvalue weighted by Crippen LogP contribution is -1.90. The number of hydrogen-bond acceptors (Lipinski definition) is 3. The number of nitriles is 1. The second kappa shape index (κ2) is 5.80.